The van der Waals surface area contributed by atoms with Gasteiger partial charge in [0.2, 0.25) is 5.91 Å². The molecule has 0 aliphatic carbocycles. The third kappa shape index (κ3) is 5.81. The number of benzene rings is 3. The van der Waals surface area contributed by atoms with Crippen molar-refractivity contribution in [1.82, 2.24) is 14.8 Å². The minimum Gasteiger partial charge on any atom is -0.486 e. The molecule has 0 bridgehead atoms. The second-order valence-corrected chi connectivity index (χ2v) is 8.77. The van der Waals surface area contributed by atoms with Gasteiger partial charge in [0.25, 0.3) is 0 Å². The van der Waals surface area contributed by atoms with E-state index in [-0.39, 0.29) is 18.3 Å². The van der Waals surface area contributed by atoms with Gasteiger partial charge < -0.3 is 10.1 Å². The molecule has 0 fully saturated rings. The topological polar surface area (TPSA) is 69.0 Å². The van der Waals surface area contributed by atoms with Gasteiger partial charge in [-0.2, -0.15) is 0 Å². The van der Waals surface area contributed by atoms with Crippen LogP contribution in [0.3, 0.4) is 0 Å². The molecular formula is C26H26N4O2S. The first-order valence-electron chi connectivity index (χ1n) is 10.7. The van der Waals surface area contributed by atoms with Crippen LogP contribution in [0.5, 0.6) is 5.75 Å². The van der Waals surface area contributed by atoms with Gasteiger partial charge in [0.05, 0.1) is 5.75 Å². The number of hydrogen-bond acceptors (Lipinski definition) is 5. The number of rotatable bonds is 8. The van der Waals surface area contributed by atoms with Crippen LogP contribution in [0.25, 0.3) is 5.69 Å². The molecule has 1 aromatic heterocycles. The number of aryl methyl sites for hydroxylation is 3. The number of aromatic nitrogens is 3. The predicted octanol–water partition coefficient (Wildman–Crippen LogP) is 5.50. The summed E-state index contributed by atoms with van der Waals surface area (Å²) < 4.78 is 7.85. The molecule has 0 saturated carbocycles. The van der Waals surface area contributed by atoms with Crippen molar-refractivity contribution in [2.24, 2.45) is 0 Å². The average molecular weight is 459 g/mol. The molecule has 0 unspecified atom stereocenters. The Morgan fingerprint density at radius 3 is 2.39 bits per heavy atom. The Bertz CT molecular complexity index is 1240. The van der Waals surface area contributed by atoms with E-state index in [2.05, 4.69) is 21.6 Å². The highest BCUT2D eigenvalue weighted by Gasteiger charge is 2.17. The molecule has 0 radical (unpaired) electrons. The minimum atomic E-state index is -0.0903. The minimum absolute atomic E-state index is 0.0903. The zero-order chi connectivity index (χ0) is 23.2. The van der Waals surface area contributed by atoms with Crippen LogP contribution in [-0.4, -0.2) is 26.4 Å². The van der Waals surface area contributed by atoms with Crippen LogP contribution in [0.4, 0.5) is 5.69 Å². The zero-order valence-corrected chi connectivity index (χ0v) is 19.7. The average Bonchev–Trinajstić information content (AvgIpc) is 3.22. The summed E-state index contributed by atoms with van der Waals surface area (Å²) in [5, 5.41) is 12.3. The van der Waals surface area contributed by atoms with Crippen molar-refractivity contribution >= 4 is 23.4 Å². The molecule has 4 rings (SSSR count). The summed E-state index contributed by atoms with van der Waals surface area (Å²) >= 11 is 1.35. The third-order valence-electron chi connectivity index (χ3n) is 5.09. The predicted molar refractivity (Wildman–Crippen MR) is 132 cm³/mol. The molecule has 6 nitrogen and oxygen atoms in total. The van der Waals surface area contributed by atoms with Gasteiger partial charge in [0.15, 0.2) is 11.0 Å². The lowest BCUT2D eigenvalue weighted by Gasteiger charge is -2.12. The number of thioether (sulfide) groups is 1. The summed E-state index contributed by atoms with van der Waals surface area (Å²) in [5.41, 5.74) is 5.11. The van der Waals surface area contributed by atoms with Crippen LogP contribution in [0.2, 0.25) is 0 Å². The summed E-state index contributed by atoms with van der Waals surface area (Å²) in [5.74, 6) is 1.56. The lowest BCUT2D eigenvalue weighted by molar-refractivity contribution is -0.113. The molecule has 33 heavy (non-hydrogen) atoms. The van der Waals surface area contributed by atoms with Crippen molar-refractivity contribution in [3.8, 4) is 11.4 Å². The van der Waals surface area contributed by atoms with Crippen molar-refractivity contribution < 1.29 is 9.53 Å². The van der Waals surface area contributed by atoms with Gasteiger partial charge in [0.1, 0.15) is 12.4 Å². The molecule has 168 valence electrons. The quantitative estimate of drug-likeness (QED) is 0.353. The number of hydrogen-bond donors (Lipinski definition) is 1. The van der Waals surface area contributed by atoms with E-state index in [0.29, 0.717) is 11.0 Å². The van der Waals surface area contributed by atoms with Gasteiger partial charge in [-0.05, 0) is 56.7 Å². The van der Waals surface area contributed by atoms with Crippen LogP contribution in [0.15, 0.2) is 78.0 Å². The van der Waals surface area contributed by atoms with Gasteiger partial charge in [0, 0.05) is 11.4 Å². The SMILES string of the molecule is Cc1ccc(-n2c(COc3ccccc3)nnc2SCC(=O)Nc2ccc(C)cc2C)cc1. The van der Waals surface area contributed by atoms with E-state index in [0.717, 1.165) is 33.8 Å². The first-order valence-corrected chi connectivity index (χ1v) is 11.7. The van der Waals surface area contributed by atoms with Crippen LogP contribution in [0.1, 0.15) is 22.5 Å². The fourth-order valence-electron chi connectivity index (χ4n) is 3.38. The number of ether oxygens (including phenoxy) is 1. The first-order chi connectivity index (χ1) is 16.0. The van der Waals surface area contributed by atoms with E-state index >= 15 is 0 Å². The lowest BCUT2D eigenvalue weighted by atomic mass is 10.1. The van der Waals surface area contributed by atoms with E-state index < -0.39 is 0 Å². The molecule has 4 aromatic rings. The number of amides is 1. The molecule has 0 aliphatic rings. The summed E-state index contributed by atoms with van der Waals surface area (Å²) in [7, 11) is 0. The van der Waals surface area contributed by atoms with Gasteiger partial charge in [-0.25, -0.2) is 0 Å². The standard InChI is InChI=1S/C26H26N4O2S/c1-18-9-12-21(13-10-18)30-24(16-32-22-7-5-4-6-8-22)28-29-26(30)33-17-25(31)27-23-14-11-19(2)15-20(23)3/h4-15H,16-17H2,1-3H3,(H,27,31). The van der Waals surface area contributed by atoms with Gasteiger partial charge in [-0.3, -0.25) is 9.36 Å². The fraction of sp³-hybridized carbons (Fsp3) is 0.192. The van der Waals surface area contributed by atoms with Crippen molar-refractivity contribution in [2.75, 3.05) is 11.1 Å². The van der Waals surface area contributed by atoms with Crippen molar-refractivity contribution in [3.05, 3.63) is 95.3 Å². The molecule has 0 saturated heterocycles. The highest BCUT2D eigenvalue weighted by atomic mass is 32.2. The maximum Gasteiger partial charge on any atom is 0.234 e. The van der Waals surface area contributed by atoms with Crippen LogP contribution >= 0.6 is 11.8 Å². The van der Waals surface area contributed by atoms with Gasteiger partial charge in [-0.1, -0.05) is 65.4 Å². The zero-order valence-electron chi connectivity index (χ0n) is 18.9. The van der Waals surface area contributed by atoms with E-state index in [1.54, 1.807) is 0 Å². The monoisotopic (exact) mass is 458 g/mol. The third-order valence-corrected chi connectivity index (χ3v) is 6.02. The second kappa shape index (κ2) is 10.4. The van der Waals surface area contributed by atoms with Crippen LogP contribution < -0.4 is 10.1 Å². The van der Waals surface area contributed by atoms with Crippen molar-refractivity contribution in [3.63, 3.8) is 0 Å². The van der Waals surface area contributed by atoms with Crippen molar-refractivity contribution in [1.29, 1.82) is 0 Å². The second-order valence-electron chi connectivity index (χ2n) is 7.83. The molecule has 1 amide bonds. The fourth-order valence-corrected chi connectivity index (χ4v) is 4.15. The van der Waals surface area contributed by atoms with E-state index in [9.17, 15) is 4.79 Å². The van der Waals surface area contributed by atoms with E-state index in [4.69, 9.17) is 4.74 Å². The summed E-state index contributed by atoms with van der Waals surface area (Å²) in [6, 6.07) is 23.7. The number of nitrogens with zero attached hydrogens (tertiary/aromatic N) is 3. The summed E-state index contributed by atoms with van der Waals surface area (Å²) in [6.45, 7) is 6.33. The molecule has 3 aromatic carbocycles. The Labute approximate surface area is 198 Å². The molecular weight excluding hydrogens is 432 g/mol. The number of para-hydroxylation sites is 1. The Morgan fingerprint density at radius 2 is 1.67 bits per heavy atom. The Kier molecular flexibility index (Phi) is 7.10. The largest absolute Gasteiger partial charge is 0.486 e. The maximum absolute atomic E-state index is 12.6. The number of carbonyl (C=O) groups excluding carboxylic acids is 1. The van der Waals surface area contributed by atoms with E-state index in [1.165, 1.54) is 11.8 Å². The highest BCUT2D eigenvalue weighted by Crippen LogP contribution is 2.24. The Hall–Kier alpha value is -3.58. The van der Waals surface area contributed by atoms with Gasteiger partial charge in [-0.15, -0.1) is 10.2 Å². The number of nitrogens with one attached hydrogen (secondary N) is 1. The Morgan fingerprint density at radius 1 is 0.939 bits per heavy atom. The normalized spacial score (nSPS) is 10.8. The Balaban J connectivity index is 1.51. The van der Waals surface area contributed by atoms with Gasteiger partial charge >= 0.3 is 0 Å². The molecule has 7 heteroatoms. The summed E-state index contributed by atoms with van der Waals surface area (Å²) in [4.78, 5) is 12.6. The smallest absolute Gasteiger partial charge is 0.234 e. The first kappa shape index (κ1) is 22.6. The van der Waals surface area contributed by atoms with E-state index in [1.807, 2.05) is 92.1 Å². The molecule has 0 spiro atoms. The molecule has 1 heterocycles. The summed E-state index contributed by atoms with van der Waals surface area (Å²) in [6.07, 6.45) is 0. The van der Waals surface area contributed by atoms with Crippen molar-refractivity contribution in [2.45, 2.75) is 32.5 Å². The highest BCUT2D eigenvalue weighted by molar-refractivity contribution is 7.99. The maximum atomic E-state index is 12.6. The molecule has 0 atom stereocenters. The molecule has 1 N–H and O–H groups in total. The van der Waals surface area contributed by atoms with Crippen LogP contribution in [-0.2, 0) is 11.4 Å². The molecule has 0 aliphatic heterocycles. The number of anilines is 1. The lowest BCUT2D eigenvalue weighted by Crippen LogP contribution is -2.15. The number of carbonyl (C=O) groups is 1. The van der Waals surface area contributed by atoms with Crippen LogP contribution in [0, 0.1) is 20.8 Å².